The Hall–Kier alpha value is -3.29. The van der Waals surface area contributed by atoms with Crippen LogP contribution in [0.2, 0.25) is 0 Å². The predicted molar refractivity (Wildman–Crippen MR) is 112 cm³/mol. The van der Waals surface area contributed by atoms with E-state index in [4.69, 9.17) is 4.74 Å². The summed E-state index contributed by atoms with van der Waals surface area (Å²) in [5.41, 5.74) is 1.20. The molecule has 0 bridgehead atoms. The first-order valence-corrected chi connectivity index (χ1v) is 9.48. The number of alkyl halides is 3. The van der Waals surface area contributed by atoms with E-state index in [2.05, 4.69) is 34.4 Å². The second kappa shape index (κ2) is 9.02. The van der Waals surface area contributed by atoms with E-state index in [1.54, 1.807) is 48.5 Å². The highest BCUT2D eigenvalue weighted by molar-refractivity contribution is 5.63. The molecule has 0 radical (unpaired) electrons. The number of hydrogen-bond acceptors (Lipinski definition) is 5. The molecule has 2 N–H and O–H groups in total. The fourth-order valence-electron chi connectivity index (χ4n) is 2.54. The van der Waals surface area contributed by atoms with Crippen molar-refractivity contribution in [2.45, 2.75) is 26.9 Å². The third-order valence-corrected chi connectivity index (χ3v) is 4.10. The fourth-order valence-corrected chi connectivity index (χ4v) is 2.54. The number of nitrogens with one attached hydrogen (secondary N) is 2. The van der Waals surface area contributed by atoms with Crippen LogP contribution < -0.4 is 15.4 Å². The highest BCUT2D eigenvalue weighted by Crippen LogP contribution is 2.35. The Morgan fingerprint density at radius 3 is 2.13 bits per heavy atom. The first-order valence-electron chi connectivity index (χ1n) is 9.48. The number of aryl methyl sites for hydroxylation is 1. The first-order chi connectivity index (χ1) is 14.2. The molecule has 8 heteroatoms. The Balaban J connectivity index is 1.81. The van der Waals surface area contributed by atoms with Crippen LogP contribution in [-0.4, -0.2) is 16.6 Å². The molecule has 0 unspecified atom stereocenters. The zero-order chi connectivity index (χ0) is 21.7. The minimum atomic E-state index is -4.58. The monoisotopic (exact) mass is 416 g/mol. The van der Waals surface area contributed by atoms with Crippen molar-refractivity contribution in [2.24, 2.45) is 5.92 Å². The van der Waals surface area contributed by atoms with Gasteiger partial charge in [-0.15, -0.1) is 0 Å². The molecule has 0 fully saturated rings. The lowest BCUT2D eigenvalue weighted by Gasteiger charge is -2.15. The van der Waals surface area contributed by atoms with Crippen molar-refractivity contribution in [3.63, 3.8) is 0 Å². The van der Waals surface area contributed by atoms with Gasteiger partial charge in [-0.05, 0) is 49.2 Å². The quantitative estimate of drug-likeness (QED) is 0.472. The maximum Gasteiger partial charge on any atom is 0.421 e. The van der Waals surface area contributed by atoms with Gasteiger partial charge in [0.2, 0.25) is 5.95 Å². The Kier molecular flexibility index (Phi) is 6.44. The van der Waals surface area contributed by atoms with Gasteiger partial charge in [-0.1, -0.05) is 31.5 Å². The maximum absolute atomic E-state index is 13.4. The maximum atomic E-state index is 13.4. The van der Waals surface area contributed by atoms with Gasteiger partial charge in [0.1, 0.15) is 17.1 Å². The number of aromatic nitrogens is 2. The summed E-state index contributed by atoms with van der Waals surface area (Å²) < 4.78 is 45.8. The number of rotatable bonds is 7. The van der Waals surface area contributed by atoms with Crippen LogP contribution in [-0.2, 0) is 6.18 Å². The Labute approximate surface area is 173 Å². The Morgan fingerprint density at radius 2 is 1.53 bits per heavy atom. The molecular formula is C22H23F3N4O. The fraction of sp³-hybridized carbons (Fsp3) is 0.273. The van der Waals surface area contributed by atoms with E-state index in [0.29, 0.717) is 29.6 Å². The van der Waals surface area contributed by atoms with E-state index < -0.39 is 11.7 Å². The first kappa shape index (κ1) is 21.4. The summed E-state index contributed by atoms with van der Waals surface area (Å²) >= 11 is 0. The van der Waals surface area contributed by atoms with Crippen LogP contribution in [0, 0.1) is 12.8 Å². The van der Waals surface area contributed by atoms with Crippen LogP contribution in [0.15, 0.2) is 54.7 Å². The standard InChI is InChI=1S/C22H23F3N4O/c1-14(2)13-30-18-10-8-17(9-11-18)28-21-26-12-19(22(23,24)25)20(29-21)27-16-6-4-15(3)5-7-16/h4-12,14H,13H2,1-3H3,(H2,26,27,28,29). The lowest BCUT2D eigenvalue weighted by Crippen LogP contribution is -2.12. The van der Waals surface area contributed by atoms with E-state index in [9.17, 15) is 13.2 Å². The third kappa shape index (κ3) is 5.85. The molecule has 0 aliphatic carbocycles. The van der Waals surface area contributed by atoms with E-state index in [-0.39, 0.29) is 11.8 Å². The van der Waals surface area contributed by atoms with E-state index in [1.165, 1.54) is 0 Å². The molecule has 0 aliphatic rings. The van der Waals surface area contributed by atoms with Gasteiger partial charge < -0.3 is 15.4 Å². The Bertz CT molecular complexity index is 971. The molecule has 0 spiro atoms. The van der Waals surface area contributed by atoms with Crippen LogP contribution in [0.4, 0.5) is 36.3 Å². The molecule has 2 aromatic carbocycles. The zero-order valence-electron chi connectivity index (χ0n) is 16.9. The van der Waals surface area contributed by atoms with Crippen LogP contribution in [0.25, 0.3) is 0 Å². The summed E-state index contributed by atoms with van der Waals surface area (Å²) in [6.45, 7) is 6.61. The summed E-state index contributed by atoms with van der Waals surface area (Å²) in [5.74, 6) is 0.848. The Morgan fingerprint density at radius 1 is 0.933 bits per heavy atom. The second-order valence-electron chi connectivity index (χ2n) is 7.30. The predicted octanol–water partition coefficient (Wildman–Crippen LogP) is 6.33. The summed E-state index contributed by atoms with van der Waals surface area (Å²) in [6.07, 6.45) is -3.81. The van der Waals surface area contributed by atoms with Crippen molar-refractivity contribution in [1.29, 1.82) is 0 Å². The molecular weight excluding hydrogens is 393 g/mol. The van der Waals surface area contributed by atoms with Crippen LogP contribution in [0.1, 0.15) is 25.0 Å². The van der Waals surface area contributed by atoms with Gasteiger partial charge in [0.05, 0.1) is 6.61 Å². The number of anilines is 4. The summed E-state index contributed by atoms with van der Waals surface area (Å²) in [5, 5.41) is 5.66. The van der Waals surface area contributed by atoms with Gasteiger partial charge in [-0.25, -0.2) is 4.98 Å². The van der Waals surface area contributed by atoms with Crippen molar-refractivity contribution < 1.29 is 17.9 Å². The van der Waals surface area contributed by atoms with Crippen molar-refractivity contribution in [1.82, 2.24) is 9.97 Å². The smallest absolute Gasteiger partial charge is 0.421 e. The molecule has 3 rings (SSSR count). The van der Waals surface area contributed by atoms with Gasteiger partial charge in [0, 0.05) is 17.6 Å². The highest BCUT2D eigenvalue weighted by atomic mass is 19.4. The lowest BCUT2D eigenvalue weighted by atomic mass is 10.2. The highest BCUT2D eigenvalue weighted by Gasteiger charge is 2.35. The molecule has 1 heterocycles. The van der Waals surface area contributed by atoms with Crippen molar-refractivity contribution in [2.75, 3.05) is 17.2 Å². The molecule has 0 atom stereocenters. The van der Waals surface area contributed by atoms with Crippen LogP contribution in [0.3, 0.4) is 0 Å². The van der Waals surface area contributed by atoms with E-state index >= 15 is 0 Å². The van der Waals surface area contributed by atoms with Gasteiger partial charge in [0.25, 0.3) is 0 Å². The summed E-state index contributed by atoms with van der Waals surface area (Å²) in [4.78, 5) is 7.87. The largest absolute Gasteiger partial charge is 0.493 e. The molecule has 1 aromatic heterocycles. The molecule has 0 aliphatic heterocycles. The second-order valence-corrected chi connectivity index (χ2v) is 7.30. The minimum absolute atomic E-state index is 0.0495. The number of halogens is 3. The SMILES string of the molecule is Cc1ccc(Nc2nc(Nc3ccc(OCC(C)C)cc3)ncc2C(F)(F)F)cc1. The van der Waals surface area contributed by atoms with E-state index in [1.807, 2.05) is 6.92 Å². The molecule has 0 amide bonds. The average Bonchev–Trinajstić information content (AvgIpc) is 2.68. The molecule has 5 nitrogen and oxygen atoms in total. The van der Waals surface area contributed by atoms with Crippen molar-refractivity contribution in [3.8, 4) is 5.75 Å². The molecule has 158 valence electrons. The van der Waals surface area contributed by atoms with E-state index in [0.717, 1.165) is 11.8 Å². The lowest BCUT2D eigenvalue weighted by molar-refractivity contribution is -0.137. The van der Waals surface area contributed by atoms with Crippen molar-refractivity contribution >= 4 is 23.1 Å². The molecule has 30 heavy (non-hydrogen) atoms. The third-order valence-electron chi connectivity index (χ3n) is 4.10. The van der Waals surface area contributed by atoms with Gasteiger partial charge >= 0.3 is 6.18 Å². The average molecular weight is 416 g/mol. The summed E-state index contributed by atoms with van der Waals surface area (Å²) in [6, 6.07) is 14.1. The number of benzene rings is 2. The number of nitrogens with zero attached hydrogens (tertiary/aromatic N) is 2. The summed E-state index contributed by atoms with van der Waals surface area (Å²) in [7, 11) is 0. The van der Waals surface area contributed by atoms with Gasteiger partial charge in [0.15, 0.2) is 0 Å². The zero-order valence-corrected chi connectivity index (χ0v) is 16.9. The van der Waals surface area contributed by atoms with Crippen LogP contribution in [0.5, 0.6) is 5.75 Å². The van der Waals surface area contributed by atoms with Crippen molar-refractivity contribution in [3.05, 3.63) is 65.9 Å². The molecule has 3 aromatic rings. The molecule has 0 saturated carbocycles. The van der Waals surface area contributed by atoms with Crippen LogP contribution >= 0.6 is 0 Å². The minimum Gasteiger partial charge on any atom is -0.493 e. The number of ether oxygens (including phenoxy) is 1. The topological polar surface area (TPSA) is 59.1 Å². The molecule has 0 saturated heterocycles. The number of hydrogen-bond donors (Lipinski definition) is 2. The van der Waals surface area contributed by atoms with Gasteiger partial charge in [-0.3, -0.25) is 0 Å². The van der Waals surface area contributed by atoms with Gasteiger partial charge in [-0.2, -0.15) is 18.2 Å². The normalized spacial score (nSPS) is 11.4.